The van der Waals surface area contributed by atoms with Crippen molar-refractivity contribution >= 4 is 46.3 Å². The Morgan fingerprint density at radius 2 is 1.91 bits per heavy atom. The minimum atomic E-state index is -1.10. The second kappa shape index (κ2) is 8.36. The maximum absolute atomic E-state index is 12.2. The number of non-ortho nitro benzene ring substituents is 1. The first-order valence-electron chi connectivity index (χ1n) is 8.96. The number of nitro groups is 1. The van der Waals surface area contributed by atoms with Crippen LogP contribution in [0, 0.1) is 10.1 Å². The number of furan rings is 2. The Labute approximate surface area is 183 Å². The summed E-state index contributed by atoms with van der Waals surface area (Å²) in [5.41, 5.74) is 2.92. The Balaban J connectivity index is 1.47. The second-order valence-electron chi connectivity index (χ2n) is 6.49. The lowest BCUT2D eigenvalue weighted by Crippen LogP contribution is -2.16. The first-order valence-corrected chi connectivity index (χ1v) is 9.34. The lowest BCUT2D eigenvalue weighted by Gasteiger charge is -2.02. The van der Waals surface area contributed by atoms with E-state index in [1.807, 2.05) is 0 Å². The Hall–Kier alpha value is -4.44. The third kappa shape index (κ3) is 4.20. The Kier molecular flexibility index (Phi) is 5.44. The van der Waals surface area contributed by atoms with Crippen molar-refractivity contribution in [3.8, 4) is 11.3 Å². The van der Waals surface area contributed by atoms with Crippen molar-refractivity contribution in [3.63, 3.8) is 0 Å². The molecular formula is C21H12ClN3O7. The number of benzene rings is 2. The first kappa shape index (κ1) is 20.8. The van der Waals surface area contributed by atoms with Gasteiger partial charge in [0.15, 0.2) is 5.76 Å². The smallest absolute Gasteiger partial charge is 0.335 e. The average molecular weight is 454 g/mol. The normalized spacial score (nSPS) is 11.2. The summed E-state index contributed by atoms with van der Waals surface area (Å²) in [6.07, 6.45) is 1.24. The number of halogens is 1. The number of carbonyl (C=O) groups excluding carboxylic acids is 1. The van der Waals surface area contributed by atoms with Crippen LogP contribution in [-0.4, -0.2) is 28.1 Å². The van der Waals surface area contributed by atoms with Crippen LogP contribution in [0.2, 0.25) is 5.02 Å². The van der Waals surface area contributed by atoms with E-state index in [1.54, 1.807) is 12.1 Å². The summed E-state index contributed by atoms with van der Waals surface area (Å²) in [6.45, 7) is 0. The molecule has 1 amide bonds. The van der Waals surface area contributed by atoms with Crippen molar-refractivity contribution in [1.82, 2.24) is 5.43 Å². The number of aromatic carboxylic acids is 1. The highest BCUT2D eigenvalue weighted by Gasteiger charge is 2.15. The number of carboxylic acid groups (broad SMARTS) is 1. The molecule has 32 heavy (non-hydrogen) atoms. The summed E-state index contributed by atoms with van der Waals surface area (Å²) in [6, 6.07) is 12.7. The van der Waals surface area contributed by atoms with E-state index in [9.17, 15) is 19.7 Å². The van der Waals surface area contributed by atoms with E-state index >= 15 is 0 Å². The van der Waals surface area contributed by atoms with E-state index in [2.05, 4.69) is 10.5 Å². The molecule has 10 nitrogen and oxygen atoms in total. The molecule has 0 atom stereocenters. The molecule has 0 fully saturated rings. The standard InChI is InChI=1S/C21H12ClN3O7/c22-16-4-1-11(21(27)28)8-15(16)18-6-3-14(31-18)10-23-24-20(26)19-9-12-7-13(25(29)30)2-5-17(12)32-19/h1-10H,(H,24,26)(H,27,28)/b23-10+. The molecule has 2 aromatic carbocycles. The van der Waals surface area contributed by atoms with Crippen LogP contribution in [-0.2, 0) is 0 Å². The van der Waals surface area contributed by atoms with Crippen molar-refractivity contribution in [1.29, 1.82) is 0 Å². The van der Waals surface area contributed by atoms with E-state index in [-0.39, 0.29) is 22.8 Å². The van der Waals surface area contributed by atoms with Gasteiger partial charge in [-0.2, -0.15) is 5.10 Å². The highest BCUT2D eigenvalue weighted by atomic mass is 35.5. The van der Waals surface area contributed by atoms with Crippen molar-refractivity contribution < 1.29 is 28.5 Å². The van der Waals surface area contributed by atoms with Crippen LogP contribution in [0.3, 0.4) is 0 Å². The Morgan fingerprint density at radius 3 is 2.66 bits per heavy atom. The number of hydrazone groups is 1. The predicted molar refractivity (Wildman–Crippen MR) is 114 cm³/mol. The zero-order chi connectivity index (χ0) is 22.8. The number of carbonyl (C=O) groups is 2. The molecule has 0 bridgehead atoms. The largest absolute Gasteiger partial charge is 0.478 e. The van der Waals surface area contributed by atoms with Crippen molar-refractivity contribution in [2.75, 3.05) is 0 Å². The highest BCUT2D eigenvalue weighted by Crippen LogP contribution is 2.30. The molecule has 4 aromatic rings. The van der Waals surface area contributed by atoms with Crippen LogP contribution in [0.15, 0.2) is 68.5 Å². The lowest BCUT2D eigenvalue weighted by molar-refractivity contribution is -0.384. The minimum Gasteiger partial charge on any atom is -0.478 e. The molecule has 11 heteroatoms. The summed E-state index contributed by atoms with van der Waals surface area (Å²) < 4.78 is 11.0. The van der Waals surface area contributed by atoms with Gasteiger partial charge in [0.2, 0.25) is 0 Å². The summed E-state index contributed by atoms with van der Waals surface area (Å²) in [5.74, 6) is -1.24. The summed E-state index contributed by atoms with van der Waals surface area (Å²) >= 11 is 6.13. The molecule has 2 N–H and O–H groups in total. The van der Waals surface area contributed by atoms with E-state index in [0.29, 0.717) is 27.3 Å². The second-order valence-corrected chi connectivity index (χ2v) is 6.90. The SMILES string of the molecule is O=C(O)c1ccc(Cl)c(-c2ccc(/C=N/NC(=O)c3cc4cc([N+](=O)[O-])ccc4o3)o2)c1. The van der Waals surface area contributed by atoms with Crippen LogP contribution in [0.1, 0.15) is 26.7 Å². The van der Waals surface area contributed by atoms with Gasteiger partial charge in [-0.05, 0) is 42.5 Å². The van der Waals surface area contributed by atoms with Crippen LogP contribution in [0.5, 0.6) is 0 Å². The van der Waals surface area contributed by atoms with Gasteiger partial charge in [-0.25, -0.2) is 10.2 Å². The van der Waals surface area contributed by atoms with E-state index in [1.165, 1.54) is 48.7 Å². The predicted octanol–water partition coefficient (Wildman–Crippen LogP) is 4.72. The molecule has 0 aliphatic heterocycles. The average Bonchev–Trinajstić information content (AvgIpc) is 3.40. The Bertz CT molecular complexity index is 1400. The summed E-state index contributed by atoms with van der Waals surface area (Å²) in [7, 11) is 0. The number of carboxylic acids is 1. The molecule has 160 valence electrons. The zero-order valence-corrected chi connectivity index (χ0v) is 16.7. The lowest BCUT2D eigenvalue weighted by atomic mass is 10.1. The van der Waals surface area contributed by atoms with E-state index in [0.717, 1.165) is 0 Å². The number of nitro benzene ring substituents is 1. The van der Waals surface area contributed by atoms with Gasteiger partial charge in [0.25, 0.3) is 5.69 Å². The third-order valence-corrected chi connectivity index (χ3v) is 4.73. The maximum Gasteiger partial charge on any atom is 0.335 e. The molecular weight excluding hydrogens is 442 g/mol. The van der Waals surface area contributed by atoms with Gasteiger partial charge in [0.05, 0.1) is 21.7 Å². The van der Waals surface area contributed by atoms with Gasteiger partial charge in [-0.1, -0.05) is 11.6 Å². The molecule has 0 unspecified atom stereocenters. The molecule has 2 aromatic heterocycles. The van der Waals surface area contributed by atoms with Crippen LogP contribution >= 0.6 is 11.6 Å². The number of nitrogens with zero attached hydrogens (tertiary/aromatic N) is 2. The van der Waals surface area contributed by atoms with Crippen molar-refractivity contribution in [3.05, 3.63) is 86.8 Å². The minimum absolute atomic E-state index is 0.0550. The van der Waals surface area contributed by atoms with Crippen LogP contribution < -0.4 is 5.43 Å². The van der Waals surface area contributed by atoms with Crippen LogP contribution in [0.25, 0.3) is 22.3 Å². The third-order valence-electron chi connectivity index (χ3n) is 4.40. The number of amides is 1. The maximum atomic E-state index is 12.2. The molecule has 0 aliphatic rings. The number of fused-ring (bicyclic) bond motifs is 1. The monoisotopic (exact) mass is 453 g/mol. The van der Waals surface area contributed by atoms with Crippen molar-refractivity contribution in [2.24, 2.45) is 5.10 Å². The number of rotatable bonds is 6. The van der Waals surface area contributed by atoms with Crippen LogP contribution in [0.4, 0.5) is 5.69 Å². The number of hydrogen-bond acceptors (Lipinski definition) is 7. The van der Waals surface area contributed by atoms with Gasteiger partial charge in [0, 0.05) is 23.1 Å². The molecule has 0 radical (unpaired) electrons. The number of nitrogens with one attached hydrogen (secondary N) is 1. The van der Waals surface area contributed by atoms with E-state index in [4.69, 9.17) is 25.5 Å². The fraction of sp³-hybridized carbons (Fsp3) is 0. The topological polar surface area (TPSA) is 148 Å². The van der Waals surface area contributed by atoms with Gasteiger partial charge in [0.1, 0.15) is 17.1 Å². The highest BCUT2D eigenvalue weighted by molar-refractivity contribution is 6.33. The van der Waals surface area contributed by atoms with E-state index < -0.39 is 16.8 Å². The Morgan fingerprint density at radius 1 is 1.09 bits per heavy atom. The molecule has 0 saturated carbocycles. The number of hydrogen-bond donors (Lipinski definition) is 2. The molecule has 0 aliphatic carbocycles. The fourth-order valence-corrected chi connectivity index (χ4v) is 3.09. The zero-order valence-electron chi connectivity index (χ0n) is 15.9. The molecule has 0 spiro atoms. The molecule has 2 heterocycles. The first-order chi connectivity index (χ1) is 15.3. The molecule has 4 rings (SSSR count). The summed E-state index contributed by atoms with van der Waals surface area (Å²) in [5, 5.41) is 24.5. The fourth-order valence-electron chi connectivity index (χ4n) is 2.88. The summed E-state index contributed by atoms with van der Waals surface area (Å²) in [4.78, 5) is 33.7. The van der Waals surface area contributed by atoms with Gasteiger partial charge in [-0.15, -0.1) is 0 Å². The van der Waals surface area contributed by atoms with Gasteiger partial charge >= 0.3 is 11.9 Å². The van der Waals surface area contributed by atoms with Crippen molar-refractivity contribution in [2.45, 2.75) is 0 Å². The quantitative estimate of drug-likeness (QED) is 0.244. The van der Waals surface area contributed by atoms with Gasteiger partial charge < -0.3 is 13.9 Å². The molecule has 0 saturated heterocycles. The van der Waals surface area contributed by atoms with Gasteiger partial charge in [-0.3, -0.25) is 14.9 Å².